The average molecular weight is 363 g/mol. The highest BCUT2D eigenvalue weighted by atomic mass is 79.9. The lowest BCUT2D eigenvalue weighted by atomic mass is 9.87. The van der Waals surface area contributed by atoms with E-state index in [1.165, 1.54) is 0 Å². The lowest BCUT2D eigenvalue weighted by Crippen LogP contribution is -2.10. The van der Waals surface area contributed by atoms with Crippen LogP contribution in [0.2, 0.25) is 0 Å². The van der Waals surface area contributed by atoms with Crippen LogP contribution < -0.4 is 4.74 Å². The van der Waals surface area contributed by atoms with Crippen LogP contribution in [-0.4, -0.2) is 12.2 Å². The predicted molar refractivity (Wildman–Crippen MR) is 91.7 cm³/mol. The molecule has 22 heavy (non-hydrogen) atoms. The van der Waals surface area contributed by atoms with Gasteiger partial charge in [0.05, 0.1) is 17.3 Å². The van der Waals surface area contributed by atoms with Crippen molar-refractivity contribution in [1.29, 1.82) is 0 Å². The number of ether oxygens (including phenoxy) is 1. The van der Waals surface area contributed by atoms with Crippen molar-refractivity contribution in [2.75, 3.05) is 7.11 Å². The fourth-order valence-electron chi connectivity index (χ4n) is 1.85. The molecule has 2 aromatic rings. The quantitative estimate of drug-likeness (QED) is 0.693. The Bertz CT molecular complexity index is 689. The standard InChI is InChI=1S/C17H19BrN2O2/c1-17(2,3)11-9-14(18)16(21)15(10-11)20-19-12-5-7-13(22-4)8-6-12/h5-10,21H,1-4H3. The molecule has 0 radical (unpaired) electrons. The van der Waals surface area contributed by atoms with E-state index in [4.69, 9.17) is 4.74 Å². The van der Waals surface area contributed by atoms with Crippen molar-refractivity contribution in [3.8, 4) is 11.5 Å². The maximum absolute atomic E-state index is 10.1. The largest absolute Gasteiger partial charge is 0.505 e. The van der Waals surface area contributed by atoms with Crippen molar-refractivity contribution >= 4 is 27.3 Å². The molecule has 0 fully saturated rings. The summed E-state index contributed by atoms with van der Waals surface area (Å²) in [5, 5.41) is 18.5. The van der Waals surface area contributed by atoms with Crippen LogP contribution in [0.3, 0.4) is 0 Å². The highest BCUT2D eigenvalue weighted by Gasteiger charge is 2.17. The molecule has 2 aromatic carbocycles. The number of hydrogen-bond donors (Lipinski definition) is 1. The minimum atomic E-state index is -0.0411. The fourth-order valence-corrected chi connectivity index (χ4v) is 2.30. The number of nitrogens with zero attached hydrogens (tertiary/aromatic N) is 2. The molecule has 4 nitrogen and oxygen atoms in total. The first-order valence-corrected chi connectivity index (χ1v) is 7.69. The van der Waals surface area contributed by atoms with Crippen LogP contribution in [0, 0.1) is 0 Å². The van der Waals surface area contributed by atoms with Gasteiger partial charge >= 0.3 is 0 Å². The van der Waals surface area contributed by atoms with Crippen LogP contribution in [0.5, 0.6) is 11.5 Å². The molecular formula is C17H19BrN2O2. The molecule has 0 aliphatic rings. The van der Waals surface area contributed by atoms with Crippen molar-refractivity contribution in [1.82, 2.24) is 0 Å². The van der Waals surface area contributed by atoms with E-state index in [0.29, 0.717) is 15.8 Å². The van der Waals surface area contributed by atoms with Crippen LogP contribution in [-0.2, 0) is 5.41 Å². The molecule has 0 saturated heterocycles. The second-order valence-electron chi connectivity index (χ2n) is 5.97. The zero-order valence-corrected chi connectivity index (χ0v) is 14.7. The van der Waals surface area contributed by atoms with Gasteiger partial charge in [-0.15, -0.1) is 5.11 Å². The van der Waals surface area contributed by atoms with Crippen molar-refractivity contribution in [3.63, 3.8) is 0 Å². The van der Waals surface area contributed by atoms with Crippen molar-refractivity contribution in [3.05, 3.63) is 46.4 Å². The third kappa shape index (κ3) is 3.85. The maximum Gasteiger partial charge on any atom is 0.157 e. The zero-order chi connectivity index (χ0) is 16.3. The van der Waals surface area contributed by atoms with Crippen LogP contribution in [0.25, 0.3) is 0 Å². The number of benzene rings is 2. The minimum Gasteiger partial charge on any atom is -0.505 e. The van der Waals surface area contributed by atoms with Crippen LogP contribution in [0.1, 0.15) is 26.3 Å². The normalized spacial score (nSPS) is 11.9. The fraction of sp³-hybridized carbons (Fsp3) is 0.294. The molecule has 116 valence electrons. The molecule has 0 bridgehead atoms. The van der Waals surface area contributed by atoms with Crippen molar-refractivity contribution < 1.29 is 9.84 Å². The summed E-state index contributed by atoms with van der Waals surface area (Å²) < 4.78 is 5.72. The van der Waals surface area contributed by atoms with E-state index in [9.17, 15) is 5.11 Å². The number of phenolic OH excluding ortho intramolecular Hbond substituents is 1. The van der Waals surface area contributed by atoms with E-state index in [0.717, 1.165) is 11.3 Å². The van der Waals surface area contributed by atoms with Gasteiger partial charge in [-0.05, 0) is 63.3 Å². The number of azo groups is 1. The Morgan fingerprint density at radius 3 is 2.23 bits per heavy atom. The second kappa shape index (κ2) is 6.48. The Labute approximate surface area is 139 Å². The number of phenols is 1. The Kier molecular flexibility index (Phi) is 4.86. The van der Waals surface area contributed by atoms with Gasteiger partial charge in [0.2, 0.25) is 0 Å². The van der Waals surface area contributed by atoms with Crippen LogP contribution in [0.4, 0.5) is 11.4 Å². The molecule has 1 N–H and O–H groups in total. The average Bonchev–Trinajstić information content (AvgIpc) is 2.48. The smallest absolute Gasteiger partial charge is 0.157 e. The Balaban J connectivity index is 2.35. The van der Waals surface area contributed by atoms with Gasteiger partial charge in [0.1, 0.15) is 11.4 Å². The molecule has 0 spiro atoms. The molecule has 0 saturated carbocycles. The van der Waals surface area contributed by atoms with Gasteiger partial charge in [0.25, 0.3) is 0 Å². The number of halogens is 1. The summed E-state index contributed by atoms with van der Waals surface area (Å²) in [6, 6.07) is 11.0. The van der Waals surface area contributed by atoms with Crippen LogP contribution in [0.15, 0.2) is 51.1 Å². The van der Waals surface area contributed by atoms with E-state index in [2.05, 4.69) is 46.9 Å². The minimum absolute atomic E-state index is 0.0411. The molecule has 5 heteroatoms. The highest BCUT2D eigenvalue weighted by molar-refractivity contribution is 9.10. The molecule has 0 unspecified atom stereocenters. The summed E-state index contributed by atoms with van der Waals surface area (Å²) in [5.41, 5.74) is 2.16. The molecule has 0 aromatic heterocycles. The van der Waals surface area contributed by atoms with Gasteiger partial charge in [0.15, 0.2) is 5.75 Å². The van der Waals surface area contributed by atoms with E-state index in [1.54, 1.807) is 7.11 Å². The highest BCUT2D eigenvalue weighted by Crippen LogP contribution is 2.39. The SMILES string of the molecule is COc1ccc(N=Nc2cc(C(C)(C)C)cc(Br)c2O)cc1. The number of methoxy groups -OCH3 is 1. The maximum atomic E-state index is 10.1. The molecule has 0 amide bonds. The number of aromatic hydroxyl groups is 1. The molecule has 0 aliphatic carbocycles. The topological polar surface area (TPSA) is 54.2 Å². The summed E-state index contributed by atoms with van der Waals surface area (Å²) in [6.07, 6.45) is 0. The summed E-state index contributed by atoms with van der Waals surface area (Å²) in [4.78, 5) is 0. The third-order valence-corrected chi connectivity index (χ3v) is 3.86. The predicted octanol–water partition coefficient (Wildman–Crippen LogP) is 5.88. The van der Waals surface area contributed by atoms with E-state index < -0.39 is 0 Å². The lowest BCUT2D eigenvalue weighted by Gasteiger charge is -2.20. The van der Waals surface area contributed by atoms with E-state index in [-0.39, 0.29) is 11.2 Å². The molecule has 0 heterocycles. The van der Waals surface area contributed by atoms with Gasteiger partial charge < -0.3 is 9.84 Å². The summed E-state index contributed by atoms with van der Waals surface area (Å²) >= 11 is 3.37. The Hall–Kier alpha value is -1.88. The second-order valence-corrected chi connectivity index (χ2v) is 6.83. The number of rotatable bonds is 3. The summed E-state index contributed by atoms with van der Waals surface area (Å²) in [6.45, 7) is 6.32. The van der Waals surface area contributed by atoms with Gasteiger partial charge in [-0.1, -0.05) is 20.8 Å². The van der Waals surface area contributed by atoms with Crippen molar-refractivity contribution in [2.45, 2.75) is 26.2 Å². The third-order valence-electron chi connectivity index (χ3n) is 3.25. The lowest BCUT2D eigenvalue weighted by molar-refractivity contribution is 0.415. The van der Waals surface area contributed by atoms with Gasteiger partial charge in [0, 0.05) is 0 Å². The first-order chi connectivity index (χ1) is 10.3. The summed E-state index contributed by atoms with van der Waals surface area (Å²) in [5.74, 6) is 0.851. The van der Waals surface area contributed by atoms with E-state index >= 15 is 0 Å². The number of hydrogen-bond acceptors (Lipinski definition) is 4. The molecular weight excluding hydrogens is 344 g/mol. The van der Waals surface area contributed by atoms with Crippen molar-refractivity contribution in [2.24, 2.45) is 10.2 Å². The van der Waals surface area contributed by atoms with Crippen LogP contribution >= 0.6 is 15.9 Å². The Morgan fingerprint density at radius 1 is 1.05 bits per heavy atom. The Morgan fingerprint density at radius 2 is 1.68 bits per heavy atom. The summed E-state index contributed by atoms with van der Waals surface area (Å²) in [7, 11) is 1.62. The van der Waals surface area contributed by atoms with Gasteiger partial charge in [-0.3, -0.25) is 0 Å². The monoisotopic (exact) mass is 362 g/mol. The first-order valence-electron chi connectivity index (χ1n) is 6.90. The van der Waals surface area contributed by atoms with Gasteiger partial charge in [-0.2, -0.15) is 5.11 Å². The first kappa shape index (κ1) is 16.5. The molecule has 2 rings (SSSR count). The van der Waals surface area contributed by atoms with Gasteiger partial charge in [-0.25, -0.2) is 0 Å². The molecule has 0 atom stereocenters. The van der Waals surface area contributed by atoms with E-state index in [1.807, 2.05) is 36.4 Å². The molecule has 0 aliphatic heterocycles. The zero-order valence-electron chi connectivity index (χ0n) is 13.1.